The Labute approximate surface area is 122 Å². The van der Waals surface area contributed by atoms with E-state index in [4.69, 9.17) is 11.6 Å². The van der Waals surface area contributed by atoms with Gasteiger partial charge in [-0.15, -0.1) is 0 Å². The fourth-order valence-corrected chi connectivity index (χ4v) is 2.02. The summed E-state index contributed by atoms with van der Waals surface area (Å²) in [5.74, 6) is 1.48. The molecular formula is C15H13ClN4. The highest BCUT2D eigenvalue weighted by Gasteiger charge is 2.09. The number of hydrogen-bond donors (Lipinski definition) is 2. The van der Waals surface area contributed by atoms with Gasteiger partial charge in [-0.05, 0) is 17.7 Å². The van der Waals surface area contributed by atoms with Gasteiger partial charge in [-0.1, -0.05) is 54.1 Å². The number of hydrazone groups is 2. The number of nitrogens with one attached hydrogen (secondary N) is 2. The number of benzene rings is 2. The van der Waals surface area contributed by atoms with Crippen LogP contribution in [0.5, 0.6) is 0 Å². The van der Waals surface area contributed by atoms with Crippen LogP contribution >= 0.6 is 11.6 Å². The van der Waals surface area contributed by atoms with Gasteiger partial charge >= 0.3 is 0 Å². The van der Waals surface area contributed by atoms with Crippen molar-refractivity contribution in [1.29, 1.82) is 0 Å². The molecule has 0 fully saturated rings. The van der Waals surface area contributed by atoms with Gasteiger partial charge in [0.05, 0.1) is 0 Å². The fourth-order valence-electron chi connectivity index (χ4n) is 1.89. The van der Waals surface area contributed by atoms with Crippen LogP contribution < -0.4 is 10.9 Å². The Bertz CT molecular complexity index is 647. The minimum Gasteiger partial charge on any atom is -0.261 e. The van der Waals surface area contributed by atoms with E-state index in [1.807, 2.05) is 54.6 Å². The molecule has 0 atom stereocenters. The van der Waals surface area contributed by atoms with Crippen molar-refractivity contribution in [2.45, 2.75) is 6.42 Å². The first-order valence-electron chi connectivity index (χ1n) is 6.27. The molecule has 100 valence electrons. The lowest BCUT2D eigenvalue weighted by atomic mass is 10.1. The van der Waals surface area contributed by atoms with E-state index in [2.05, 4.69) is 21.1 Å². The third kappa shape index (κ3) is 2.97. The molecule has 4 nitrogen and oxygen atoms in total. The van der Waals surface area contributed by atoms with Gasteiger partial charge in [0.2, 0.25) is 0 Å². The lowest BCUT2D eigenvalue weighted by Gasteiger charge is -2.15. The van der Waals surface area contributed by atoms with Crippen LogP contribution in [0.4, 0.5) is 0 Å². The summed E-state index contributed by atoms with van der Waals surface area (Å²) in [6, 6.07) is 17.5. The Balaban J connectivity index is 1.66. The van der Waals surface area contributed by atoms with Crippen LogP contribution in [0.2, 0.25) is 5.02 Å². The van der Waals surface area contributed by atoms with Crippen LogP contribution in [0.3, 0.4) is 0 Å². The van der Waals surface area contributed by atoms with E-state index in [-0.39, 0.29) is 0 Å². The molecule has 0 aliphatic carbocycles. The molecule has 0 radical (unpaired) electrons. The average molecular weight is 285 g/mol. The molecule has 1 heterocycles. The van der Waals surface area contributed by atoms with Crippen LogP contribution in [-0.2, 0) is 6.42 Å². The van der Waals surface area contributed by atoms with Crippen molar-refractivity contribution in [3.05, 3.63) is 70.7 Å². The van der Waals surface area contributed by atoms with Gasteiger partial charge in [-0.25, -0.2) is 0 Å². The third-order valence-electron chi connectivity index (χ3n) is 2.93. The van der Waals surface area contributed by atoms with Crippen LogP contribution in [0.1, 0.15) is 11.1 Å². The summed E-state index contributed by atoms with van der Waals surface area (Å²) in [5, 5.41) is 9.32. The summed E-state index contributed by atoms with van der Waals surface area (Å²) in [7, 11) is 0. The number of rotatable bonds is 3. The first-order valence-corrected chi connectivity index (χ1v) is 6.65. The monoisotopic (exact) mass is 284 g/mol. The second-order valence-corrected chi connectivity index (χ2v) is 4.85. The molecule has 3 rings (SSSR count). The van der Waals surface area contributed by atoms with Crippen LogP contribution in [-0.4, -0.2) is 11.7 Å². The minimum atomic E-state index is 0.676. The van der Waals surface area contributed by atoms with E-state index >= 15 is 0 Å². The van der Waals surface area contributed by atoms with E-state index in [1.165, 1.54) is 0 Å². The van der Waals surface area contributed by atoms with Crippen molar-refractivity contribution in [3.8, 4) is 0 Å². The SMILES string of the molecule is Clc1ccc(CC2=NNC(c3ccccc3)=NN2)cc1. The molecule has 2 aromatic rings. The Morgan fingerprint density at radius 1 is 0.850 bits per heavy atom. The number of hydrogen-bond acceptors (Lipinski definition) is 4. The van der Waals surface area contributed by atoms with Crippen molar-refractivity contribution in [2.75, 3.05) is 0 Å². The molecule has 0 saturated carbocycles. The highest BCUT2D eigenvalue weighted by molar-refractivity contribution is 6.30. The molecule has 0 spiro atoms. The number of amidine groups is 2. The molecule has 0 unspecified atom stereocenters. The third-order valence-corrected chi connectivity index (χ3v) is 3.18. The largest absolute Gasteiger partial charge is 0.261 e. The maximum absolute atomic E-state index is 5.86. The molecule has 0 saturated heterocycles. The quantitative estimate of drug-likeness (QED) is 0.910. The van der Waals surface area contributed by atoms with E-state index in [0.717, 1.165) is 22.0 Å². The fraction of sp³-hybridized carbons (Fsp3) is 0.0667. The maximum atomic E-state index is 5.86. The normalized spacial score (nSPS) is 13.8. The molecule has 0 amide bonds. The molecule has 5 heteroatoms. The average Bonchev–Trinajstić information content (AvgIpc) is 2.51. The molecule has 2 N–H and O–H groups in total. The zero-order valence-corrected chi connectivity index (χ0v) is 11.4. The zero-order chi connectivity index (χ0) is 13.8. The number of nitrogens with zero attached hydrogens (tertiary/aromatic N) is 2. The topological polar surface area (TPSA) is 48.8 Å². The molecule has 1 aliphatic rings. The van der Waals surface area contributed by atoms with Gasteiger partial charge in [0.15, 0.2) is 5.84 Å². The molecular weight excluding hydrogens is 272 g/mol. The van der Waals surface area contributed by atoms with Crippen molar-refractivity contribution in [1.82, 2.24) is 10.9 Å². The summed E-state index contributed by atoms with van der Waals surface area (Å²) < 4.78 is 0. The smallest absolute Gasteiger partial charge is 0.173 e. The first kappa shape index (κ1) is 12.7. The van der Waals surface area contributed by atoms with Crippen molar-refractivity contribution < 1.29 is 0 Å². The van der Waals surface area contributed by atoms with E-state index in [1.54, 1.807) is 0 Å². The predicted octanol–water partition coefficient (Wildman–Crippen LogP) is 2.75. The first-order chi connectivity index (χ1) is 9.81. The van der Waals surface area contributed by atoms with Gasteiger partial charge in [0, 0.05) is 17.0 Å². The van der Waals surface area contributed by atoms with Crippen molar-refractivity contribution in [2.24, 2.45) is 10.2 Å². The van der Waals surface area contributed by atoms with Gasteiger partial charge < -0.3 is 0 Å². The van der Waals surface area contributed by atoms with Crippen LogP contribution in [0, 0.1) is 0 Å². The lowest BCUT2D eigenvalue weighted by molar-refractivity contribution is 0.862. The van der Waals surface area contributed by atoms with Crippen molar-refractivity contribution in [3.63, 3.8) is 0 Å². The molecule has 0 bridgehead atoms. The van der Waals surface area contributed by atoms with Crippen LogP contribution in [0.15, 0.2) is 64.8 Å². The van der Waals surface area contributed by atoms with E-state index in [9.17, 15) is 0 Å². The summed E-state index contributed by atoms with van der Waals surface area (Å²) in [6.07, 6.45) is 0.676. The second kappa shape index (κ2) is 5.75. The standard InChI is InChI=1S/C15H13ClN4/c16-13-8-6-11(7-9-13)10-14-17-19-15(20-18-14)12-4-2-1-3-5-12/h1-9H,10H2,(H,17,18)(H,19,20). The second-order valence-electron chi connectivity index (χ2n) is 4.41. The molecule has 0 aromatic heterocycles. The van der Waals surface area contributed by atoms with Gasteiger partial charge in [-0.3, -0.25) is 10.9 Å². The zero-order valence-electron chi connectivity index (χ0n) is 10.7. The molecule has 20 heavy (non-hydrogen) atoms. The Kier molecular flexibility index (Phi) is 3.65. The Hall–Kier alpha value is -2.33. The summed E-state index contributed by atoms with van der Waals surface area (Å²) in [6.45, 7) is 0. The maximum Gasteiger partial charge on any atom is 0.173 e. The van der Waals surface area contributed by atoms with E-state index in [0.29, 0.717) is 12.3 Å². The van der Waals surface area contributed by atoms with Crippen molar-refractivity contribution >= 4 is 23.3 Å². The predicted molar refractivity (Wildman–Crippen MR) is 81.8 cm³/mol. The van der Waals surface area contributed by atoms with Crippen LogP contribution in [0.25, 0.3) is 0 Å². The summed E-state index contributed by atoms with van der Waals surface area (Å²) in [5.41, 5.74) is 8.06. The summed E-state index contributed by atoms with van der Waals surface area (Å²) in [4.78, 5) is 0. The van der Waals surface area contributed by atoms with E-state index < -0.39 is 0 Å². The summed E-state index contributed by atoms with van der Waals surface area (Å²) >= 11 is 5.86. The number of halogens is 1. The van der Waals surface area contributed by atoms with Gasteiger partial charge in [0.25, 0.3) is 0 Å². The highest BCUT2D eigenvalue weighted by atomic mass is 35.5. The minimum absolute atomic E-state index is 0.676. The van der Waals surface area contributed by atoms with Gasteiger partial charge in [-0.2, -0.15) is 10.2 Å². The Morgan fingerprint density at radius 3 is 2.25 bits per heavy atom. The molecule has 2 aromatic carbocycles. The molecule has 1 aliphatic heterocycles. The van der Waals surface area contributed by atoms with Gasteiger partial charge in [0.1, 0.15) is 5.84 Å². The highest BCUT2D eigenvalue weighted by Crippen LogP contribution is 2.10. The Morgan fingerprint density at radius 2 is 1.60 bits per heavy atom. The lowest BCUT2D eigenvalue weighted by Crippen LogP contribution is -2.35.